The van der Waals surface area contributed by atoms with Crippen LogP contribution in [0.1, 0.15) is 36.3 Å². The predicted molar refractivity (Wildman–Crippen MR) is 149 cm³/mol. The Morgan fingerprint density at radius 3 is 1.50 bits per heavy atom. The summed E-state index contributed by atoms with van der Waals surface area (Å²) in [5.41, 5.74) is 0.842. The minimum atomic E-state index is -1.49. The largest absolute Gasteiger partial charge is 1.00 e. The Morgan fingerprint density at radius 2 is 1.05 bits per heavy atom. The summed E-state index contributed by atoms with van der Waals surface area (Å²) in [5, 5.41) is 105. The molecule has 16 heteroatoms. The van der Waals surface area contributed by atoms with Gasteiger partial charge in [-0.05, 0) is 42.0 Å². The van der Waals surface area contributed by atoms with Crippen LogP contribution in [0, 0.1) is 0 Å². The number of hydrogen-bond donors (Lipinski definition) is 11. The molecule has 2 aromatic rings. The van der Waals surface area contributed by atoms with Crippen molar-refractivity contribution in [2.75, 3.05) is 13.2 Å². The van der Waals surface area contributed by atoms with Gasteiger partial charge in [0.1, 0.15) is 60.3 Å². The maximum absolute atomic E-state index is 12.1. The van der Waals surface area contributed by atoms with Gasteiger partial charge >= 0.3 is 29.6 Å². The zero-order valence-corrected chi connectivity index (χ0v) is 26.0. The molecule has 2 fully saturated rings. The van der Waals surface area contributed by atoms with Gasteiger partial charge < -0.3 is 67.1 Å². The van der Waals surface area contributed by atoms with E-state index in [0.717, 1.165) is 0 Å². The normalized spacial score (nSPS) is 32.2. The van der Waals surface area contributed by atoms with Crippen LogP contribution in [0.3, 0.4) is 0 Å². The Labute approximate surface area is 279 Å². The van der Waals surface area contributed by atoms with Crippen LogP contribution in [-0.2, 0) is 9.47 Å². The molecule has 1 unspecified atom stereocenters. The molecule has 4 rings (SSSR count). The quantitative estimate of drug-likeness (QED) is 0.0957. The number of aliphatic hydroxyl groups is 9. The number of ether oxygens (including phenoxy) is 2. The van der Waals surface area contributed by atoms with Crippen molar-refractivity contribution in [3.05, 3.63) is 59.7 Å². The van der Waals surface area contributed by atoms with Crippen LogP contribution in [0.2, 0.25) is 0 Å². The zero-order valence-electron chi connectivity index (χ0n) is 25.0. The summed E-state index contributed by atoms with van der Waals surface area (Å²) in [6.07, 6.45) is -13.8. The SMILES string of the molecule is O=C(C[C@@H]1O[C@H](CO)[C@@H](O)[C@H](O)[C@H]1O)c1ccc(O)cc1.OC[C@H]1O[C@@H](CC(O)c2ccc(O)cc2)[C@H](O)[C@@H](O)[C@@H]1O.[B].[H-].[Na+]. The molecule has 0 aliphatic carbocycles. The van der Waals surface area contributed by atoms with E-state index in [9.17, 15) is 45.6 Å². The Bertz CT molecular complexity index is 1130. The number of phenols is 2. The summed E-state index contributed by atoms with van der Waals surface area (Å²) in [6, 6.07) is 11.5. The second-order valence-electron chi connectivity index (χ2n) is 10.3. The van der Waals surface area contributed by atoms with Crippen molar-refractivity contribution in [3.63, 3.8) is 0 Å². The van der Waals surface area contributed by atoms with Crippen LogP contribution in [0.5, 0.6) is 11.5 Å². The first-order valence-corrected chi connectivity index (χ1v) is 13.3. The van der Waals surface area contributed by atoms with E-state index in [1.165, 1.54) is 48.5 Å². The fraction of sp³-hybridized carbons (Fsp3) is 0.536. The van der Waals surface area contributed by atoms with E-state index in [4.69, 9.17) is 24.8 Å². The summed E-state index contributed by atoms with van der Waals surface area (Å²) in [6.45, 7) is -1.04. The monoisotopic (exact) mass is 633 g/mol. The molecule has 0 aromatic heterocycles. The number of benzene rings is 2. The molecule has 0 saturated carbocycles. The number of carbonyl (C=O) groups excluding carboxylic acids is 1. The first-order valence-electron chi connectivity index (χ1n) is 13.3. The molecular weight excluding hydrogens is 594 g/mol. The summed E-state index contributed by atoms with van der Waals surface area (Å²) < 4.78 is 10.6. The Morgan fingerprint density at radius 1 is 0.659 bits per heavy atom. The van der Waals surface area contributed by atoms with Gasteiger partial charge in [0.05, 0.1) is 31.5 Å². The Kier molecular flexibility index (Phi) is 16.9. The summed E-state index contributed by atoms with van der Waals surface area (Å²) in [5.74, 6) is -0.252. The molecule has 14 nitrogen and oxygen atoms in total. The van der Waals surface area contributed by atoms with Crippen LogP contribution in [-0.4, -0.2) is 145 Å². The van der Waals surface area contributed by atoms with Gasteiger partial charge in [0.2, 0.25) is 0 Å². The summed E-state index contributed by atoms with van der Waals surface area (Å²) in [7, 11) is 0. The topological polar surface area (TPSA) is 258 Å². The molecule has 0 amide bonds. The van der Waals surface area contributed by atoms with Gasteiger partial charge in [-0.3, -0.25) is 4.79 Å². The standard InChI is InChI=1S/C14H20O7.C14H18O7.B.Na.H/c2*15-6-11-13(19)14(20)12(18)10(21-11)5-9(17)7-1-3-8(16)4-2-7;;;/h1-4,9-20H,5-6H2;1-4,10-16,18-20H,5-6H2;;;/q;;;+1;-1/t9?,10-,11+,12-,13+,14+;10-,11+,12-,13+,14+;;;/m00.../s1. The van der Waals surface area contributed by atoms with E-state index < -0.39 is 80.4 Å². The average molecular weight is 633 g/mol. The van der Waals surface area contributed by atoms with Crippen molar-refractivity contribution in [1.29, 1.82) is 0 Å². The second kappa shape index (κ2) is 18.5. The maximum atomic E-state index is 12.1. The average Bonchev–Trinajstić information content (AvgIpc) is 2.98. The van der Waals surface area contributed by atoms with Crippen molar-refractivity contribution in [2.45, 2.75) is 80.0 Å². The zero-order chi connectivity index (χ0) is 31.1. The first-order chi connectivity index (χ1) is 19.9. The number of hydrogen-bond acceptors (Lipinski definition) is 14. The van der Waals surface area contributed by atoms with Gasteiger partial charge in [-0.25, -0.2) is 0 Å². The number of ketones is 1. The third-order valence-corrected chi connectivity index (χ3v) is 7.29. The second-order valence-corrected chi connectivity index (χ2v) is 10.3. The fourth-order valence-electron chi connectivity index (χ4n) is 4.72. The van der Waals surface area contributed by atoms with Crippen LogP contribution >= 0.6 is 0 Å². The number of carbonyl (C=O) groups is 1. The number of phenolic OH excluding ortho intramolecular Hbond substituents is 2. The molecule has 239 valence electrons. The summed E-state index contributed by atoms with van der Waals surface area (Å²) in [4.78, 5) is 12.1. The van der Waals surface area contributed by atoms with Gasteiger partial charge in [-0.1, -0.05) is 12.1 Å². The van der Waals surface area contributed by atoms with Crippen molar-refractivity contribution in [3.8, 4) is 11.5 Å². The van der Waals surface area contributed by atoms with Gasteiger partial charge in [0, 0.05) is 26.8 Å². The smallest absolute Gasteiger partial charge is 1.00 e. The molecule has 3 radical (unpaired) electrons. The van der Waals surface area contributed by atoms with E-state index >= 15 is 0 Å². The molecule has 2 aromatic carbocycles. The van der Waals surface area contributed by atoms with Crippen LogP contribution in [0.4, 0.5) is 0 Å². The van der Waals surface area contributed by atoms with Crippen molar-refractivity contribution in [1.82, 2.24) is 0 Å². The molecule has 2 aliphatic heterocycles. The van der Waals surface area contributed by atoms with E-state index in [1.807, 2.05) is 0 Å². The van der Waals surface area contributed by atoms with Crippen molar-refractivity contribution < 1.29 is 101 Å². The van der Waals surface area contributed by atoms with Crippen LogP contribution < -0.4 is 29.6 Å². The third-order valence-electron chi connectivity index (χ3n) is 7.29. The summed E-state index contributed by atoms with van der Waals surface area (Å²) >= 11 is 0. The number of aromatic hydroxyl groups is 2. The number of Topliss-reactive ketones (excluding diaryl/α,β-unsaturated/α-hetero) is 1. The van der Waals surface area contributed by atoms with Crippen molar-refractivity contribution >= 4 is 14.2 Å². The van der Waals surface area contributed by atoms with Gasteiger partial charge in [-0.2, -0.15) is 0 Å². The Hall–Kier alpha value is -1.67. The molecule has 2 aliphatic rings. The molecule has 11 atom stereocenters. The molecule has 0 spiro atoms. The van der Waals surface area contributed by atoms with E-state index in [1.54, 1.807) is 0 Å². The molecule has 2 saturated heterocycles. The molecule has 0 bridgehead atoms. The minimum absolute atomic E-state index is 0. The van der Waals surface area contributed by atoms with Gasteiger partial charge in [0.15, 0.2) is 5.78 Å². The van der Waals surface area contributed by atoms with Gasteiger partial charge in [0.25, 0.3) is 0 Å². The Balaban J connectivity index is 0.000000807. The molecule has 2 heterocycles. The van der Waals surface area contributed by atoms with E-state index in [-0.39, 0.29) is 69.5 Å². The first kappa shape index (κ1) is 40.4. The number of rotatable bonds is 8. The van der Waals surface area contributed by atoms with Crippen LogP contribution in [0.15, 0.2) is 48.5 Å². The molecule has 11 N–H and O–H groups in total. The van der Waals surface area contributed by atoms with E-state index in [2.05, 4.69) is 0 Å². The van der Waals surface area contributed by atoms with Crippen LogP contribution in [0.25, 0.3) is 0 Å². The van der Waals surface area contributed by atoms with E-state index in [0.29, 0.717) is 11.1 Å². The predicted octanol–water partition coefficient (Wildman–Crippen LogP) is -5.80. The van der Waals surface area contributed by atoms with Gasteiger partial charge in [-0.15, -0.1) is 0 Å². The van der Waals surface area contributed by atoms with Crippen molar-refractivity contribution in [2.24, 2.45) is 0 Å². The molecule has 44 heavy (non-hydrogen) atoms. The molecular formula is C28H39BNaO14. The third kappa shape index (κ3) is 10.2. The number of aliphatic hydroxyl groups excluding tert-OH is 9. The maximum Gasteiger partial charge on any atom is 1.00 e. The minimum Gasteiger partial charge on any atom is -1.00 e. The fourth-order valence-corrected chi connectivity index (χ4v) is 4.72.